The topological polar surface area (TPSA) is 41.3 Å². The summed E-state index contributed by atoms with van der Waals surface area (Å²) in [5.41, 5.74) is 10.7. The van der Waals surface area contributed by atoms with Gasteiger partial charge in [0.1, 0.15) is 0 Å². The first kappa shape index (κ1) is 16.2. The fourth-order valence-electron chi connectivity index (χ4n) is 2.89. The molecule has 3 atom stereocenters. The highest BCUT2D eigenvalue weighted by Gasteiger charge is 2.27. The van der Waals surface area contributed by atoms with Crippen molar-refractivity contribution < 1.29 is 0 Å². The molecule has 0 spiro atoms. The Morgan fingerprint density at radius 3 is 2.60 bits per heavy atom. The summed E-state index contributed by atoms with van der Waals surface area (Å²) in [7, 11) is 0. The number of hydrazine groups is 1. The molecule has 20 heavy (non-hydrogen) atoms. The van der Waals surface area contributed by atoms with Crippen LogP contribution in [0.4, 0.5) is 0 Å². The fraction of sp³-hybridized carbons (Fsp3) is 0.600. The summed E-state index contributed by atoms with van der Waals surface area (Å²) in [6.45, 7) is 5.09. The summed E-state index contributed by atoms with van der Waals surface area (Å²) in [6.07, 6.45) is 3.77. The number of benzene rings is 1. The van der Waals surface area contributed by atoms with Gasteiger partial charge in [-0.1, -0.05) is 40.0 Å². The second-order valence-electron chi connectivity index (χ2n) is 5.62. The quantitative estimate of drug-likeness (QED) is 0.856. The van der Waals surface area contributed by atoms with Crippen molar-refractivity contribution in [3.8, 4) is 0 Å². The van der Waals surface area contributed by atoms with E-state index in [1.165, 1.54) is 19.3 Å². The molecule has 0 saturated carbocycles. The smallest absolute Gasteiger partial charge is 0.0598 e. The second kappa shape index (κ2) is 7.23. The van der Waals surface area contributed by atoms with E-state index in [0.29, 0.717) is 18.6 Å². The molecular formula is C15H23BrClN3. The van der Waals surface area contributed by atoms with E-state index < -0.39 is 0 Å². The van der Waals surface area contributed by atoms with Crippen molar-refractivity contribution in [2.24, 2.45) is 5.73 Å². The van der Waals surface area contributed by atoms with Gasteiger partial charge >= 0.3 is 0 Å². The summed E-state index contributed by atoms with van der Waals surface area (Å²) >= 11 is 9.60. The lowest BCUT2D eigenvalue weighted by Crippen LogP contribution is -2.54. The molecule has 0 aromatic heterocycles. The second-order valence-corrected chi connectivity index (χ2v) is 6.91. The molecular weight excluding hydrogens is 338 g/mol. The SMILES string of the molecule is CC1CCCC(C)N1NC(CN)c1ccc(Cl)cc1Br. The fourth-order valence-corrected chi connectivity index (χ4v) is 3.85. The third-order valence-corrected chi connectivity index (χ3v) is 4.99. The van der Waals surface area contributed by atoms with Crippen LogP contribution < -0.4 is 11.2 Å². The number of hydrogen-bond donors (Lipinski definition) is 2. The van der Waals surface area contributed by atoms with Gasteiger partial charge in [-0.05, 0) is 44.4 Å². The maximum absolute atomic E-state index is 6.01. The highest BCUT2D eigenvalue weighted by atomic mass is 79.9. The Morgan fingerprint density at radius 1 is 1.40 bits per heavy atom. The normalized spacial score (nSPS) is 25.6. The van der Waals surface area contributed by atoms with Crippen LogP contribution in [0.15, 0.2) is 22.7 Å². The van der Waals surface area contributed by atoms with Crippen LogP contribution in [0, 0.1) is 0 Å². The molecule has 1 fully saturated rings. The maximum Gasteiger partial charge on any atom is 0.0598 e. The third-order valence-electron chi connectivity index (χ3n) is 4.07. The van der Waals surface area contributed by atoms with Gasteiger partial charge in [-0.3, -0.25) is 0 Å². The van der Waals surface area contributed by atoms with Crippen LogP contribution in [-0.2, 0) is 0 Å². The van der Waals surface area contributed by atoms with Crippen molar-refractivity contribution in [1.82, 2.24) is 10.4 Å². The van der Waals surface area contributed by atoms with E-state index >= 15 is 0 Å². The zero-order valence-electron chi connectivity index (χ0n) is 12.1. The van der Waals surface area contributed by atoms with E-state index in [-0.39, 0.29) is 6.04 Å². The van der Waals surface area contributed by atoms with Gasteiger partial charge in [0.25, 0.3) is 0 Å². The first-order valence-corrected chi connectivity index (χ1v) is 8.39. The van der Waals surface area contributed by atoms with Crippen molar-refractivity contribution in [2.45, 2.75) is 51.2 Å². The van der Waals surface area contributed by atoms with Crippen LogP contribution in [0.2, 0.25) is 5.02 Å². The highest BCUT2D eigenvalue weighted by molar-refractivity contribution is 9.10. The van der Waals surface area contributed by atoms with Gasteiger partial charge in [-0.2, -0.15) is 0 Å². The molecule has 3 nitrogen and oxygen atoms in total. The predicted octanol–water partition coefficient (Wildman–Crippen LogP) is 3.87. The van der Waals surface area contributed by atoms with E-state index in [9.17, 15) is 0 Å². The van der Waals surface area contributed by atoms with Gasteiger partial charge < -0.3 is 5.73 Å². The van der Waals surface area contributed by atoms with Gasteiger partial charge in [0.2, 0.25) is 0 Å². The zero-order chi connectivity index (χ0) is 14.7. The van der Waals surface area contributed by atoms with Crippen LogP contribution in [0.25, 0.3) is 0 Å². The molecule has 0 aliphatic carbocycles. The summed E-state index contributed by atoms with van der Waals surface area (Å²) < 4.78 is 1.00. The van der Waals surface area contributed by atoms with E-state index in [4.69, 9.17) is 17.3 Å². The molecule has 0 amide bonds. The number of rotatable bonds is 4. The van der Waals surface area contributed by atoms with E-state index in [2.05, 4.69) is 40.2 Å². The molecule has 0 bridgehead atoms. The van der Waals surface area contributed by atoms with Crippen molar-refractivity contribution in [2.75, 3.05) is 6.54 Å². The molecule has 1 aromatic carbocycles. The minimum absolute atomic E-state index is 0.102. The average Bonchev–Trinajstić information content (AvgIpc) is 2.40. The van der Waals surface area contributed by atoms with E-state index in [1.54, 1.807) is 0 Å². The van der Waals surface area contributed by atoms with Gasteiger partial charge in [0, 0.05) is 28.1 Å². The van der Waals surface area contributed by atoms with Gasteiger partial charge in [0.15, 0.2) is 0 Å². The van der Waals surface area contributed by atoms with Gasteiger partial charge in [-0.25, -0.2) is 10.4 Å². The summed E-state index contributed by atoms with van der Waals surface area (Å²) in [5.74, 6) is 0. The monoisotopic (exact) mass is 359 g/mol. The summed E-state index contributed by atoms with van der Waals surface area (Å²) in [4.78, 5) is 0. The largest absolute Gasteiger partial charge is 0.329 e. The first-order chi connectivity index (χ1) is 9.52. The Kier molecular flexibility index (Phi) is 5.87. The number of nitrogens with one attached hydrogen (secondary N) is 1. The Morgan fingerprint density at radius 2 is 2.05 bits per heavy atom. The van der Waals surface area contributed by atoms with E-state index in [0.717, 1.165) is 15.1 Å². The van der Waals surface area contributed by atoms with E-state index in [1.807, 2.05) is 18.2 Å². The predicted molar refractivity (Wildman–Crippen MR) is 88.7 cm³/mol. The lowest BCUT2D eigenvalue weighted by molar-refractivity contribution is 0.0303. The van der Waals surface area contributed by atoms with Crippen molar-refractivity contribution in [1.29, 1.82) is 0 Å². The van der Waals surface area contributed by atoms with Crippen LogP contribution in [0.5, 0.6) is 0 Å². The lowest BCUT2D eigenvalue weighted by Gasteiger charge is -2.41. The zero-order valence-corrected chi connectivity index (χ0v) is 14.4. The maximum atomic E-state index is 6.01. The summed E-state index contributed by atoms with van der Waals surface area (Å²) in [6, 6.07) is 7.05. The Labute approximate surface area is 135 Å². The van der Waals surface area contributed by atoms with Crippen LogP contribution >= 0.6 is 27.5 Å². The number of halogens is 2. The molecule has 1 heterocycles. The highest BCUT2D eigenvalue weighted by Crippen LogP contribution is 2.28. The van der Waals surface area contributed by atoms with Crippen molar-refractivity contribution in [3.05, 3.63) is 33.3 Å². The summed E-state index contributed by atoms with van der Waals surface area (Å²) in [5, 5.41) is 3.10. The minimum atomic E-state index is 0.102. The number of nitrogens with two attached hydrogens (primary N) is 1. The molecule has 2 rings (SSSR count). The molecule has 3 N–H and O–H groups in total. The van der Waals surface area contributed by atoms with Gasteiger partial charge in [-0.15, -0.1) is 0 Å². The number of piperidine rings is 1. The van der Waals surface area contributed by atoms with Crippen LogP contribution in [0.1, 0.15) is 44.7 Å². The number of nitrogens with zero attached hydrogens (tertiary/aromatic N) is 1. The first-order valence-electron chi connectivity index (χ1n) is 7.22. The Bertz CT molecular complexity index is 445. The lowest BCUT2D eigenvalue weighted by atomic mass is 9.99. The van der Waals surface area contributed by atoms with Crippen LogP contribution in [0.3, 0.4) is 0 Å². The van der Waals surface area contributed by atoms with Crippen molar-refractivity contribution >= 4 is 27.5 Å². The molecule has 112 valence electrons. The van der Waals surface area contributed by atoms with Crippen LogP contribution in [-0.4, -0.2) is 23.6 Å². The molecule has 5 heteroatoms. The minimum Gasteiger partial charge on any atom is -0.329 e. The van der Waals surface area contributed by atoms with Crippen molar-refractivity contribution in [3.63, 3.8) is 0 Å². The standard InChI is InChI=1S/C15H23BrClN3/c1-10-4-3-5-11(2)20(10)19-15(9-18)13-7-6-12(17)8-14(13)16/h6-8,10-11,15,19H,3-5,9,18H2,1-2H3. The number of hydrogen-bond acceptors (Lipinski definition) is 3. The third kappa shape index (κ3) is 3.74. The molecule has 1 aromatic rings. The molecule has 3 unspecified atom stereocenters. The average molecular weight is 361 g/mol. The Hall–Kier alpha value is -0.130. The molecule has 1 aliphatic heterocycles. The van der Waals surface area contributed by atoms with Gasteiger partial charge in [0.05, 0.1) is 6.04 Å². The Balaban J connectivity index is 2.15. The molecule has 0 radical (unpaired) electrons. The molecule has 1 aliphatic rings. The molecule has 1 saturated heterocycles.